The van der Waals surface area contributed by atoms with Crippen molar-refractivity contribution in [2.24, 2.45) is 5.92 Å². The van der Waals surface area contributed by atoms with E-state index in [4.69, 9.17) is 0 Å². The van der Waals surface area contributed by atoms with E-state index in [-0.39, 0.29) is 11.9 Å². The Morgan fingerprint density at radius 2 is 2.11 bits per heavy atom. The fourth-order valence-electron chi connectivity index (χ4n) is 3.36. The van der Waals surface area contributed by atoms with Crippen molar-refractivity contribution in [3.8, 4) is 0 Å². The molecule has 1 atom stereocenters. The highest BCUT2D eigenvalue weighted by Crippen LogP contribution is 2.23. The Balaban J connectivity index is 1.67. The van der Waals surface area contributed by atoms with E-state index in [9.17, 15) is 4.79 Å². The lowest BCUT2D eigenvalue weighted by Gasteiger charge is -2.18. The number of nitrogens with one attached hydrogen (secondary N) is 2. The van der Waals surface area contributed by atoms with Gasteiger partial charge < -0.3 is 10.3 Å². The first-order valence-electron chi connectivity index (χ1n) is 9.07. The molecule has 0 bridgehead atoms. The van der Waals surface area contributed by atoms with Crippen molar-refractivity contribution >= 4 is 22.5 Å². The molecule has 7 nitrogen and oxygen atoms in total. The van der Waals surface area contributed by atoms with Gasteiger partial charge in [0.1, 0.15) is 11.3 Å². The van der Waals surface area contributed by atoms with Gasteiger partial charge in [-0.15, -0.1) is 0 Å². The zero-order chi connectivity index (χ0) is 19.0. The topological polar surface area (TPSA) is 88.0 Å². The fraction of sp³-hybridized carbons (Fsp3) is 0.300. The highest BCUT2D eigenvalue weighted by molar-refractivity contribution is 6.01. The number of nitrogens with zero attached hydrogens (tertiary/aromatic N) is 4. The molecule has 3 heterocycles. The quantitative estimate of drug-likeness (QED) is 0.569. The molecule has 4 rings (SSSR count). The third-order valence-electron chi connectivity index (χ3n) is 4.61. The number of benzene rings is 1. The number of aryl methyl sites for hydroxylation is 1. The molecule has 0 saturated heterocycles. The summed E-state index contributed by atoms with van der Waals surface area (Å²) < 4.78 is 1.68. The van der Waals surface area contributed by atoms with Crippen molar-refractivity contribution in [3.63, 3.8) is 0 Å². The predicted molar refractivity (Wildman–Crippen MR) is 103 cm³/mol. The Morgan fingerprint density at radius 3 is 2.89 bits per heavy atom. The predicted octanol–water partition coefficient (Wildman–Crippen LogP) is 3.43. The minimum atomic E-state index is -0.211. The van der Waals surface area contributed by atoms with Gasteiger partial charge in [0.05, 0.1) is 34.5 Å². The largest absolute Gasteiger partial charge is 0.342 e. The van der Waals surface area contributed by atoms with Gasteiger partial charge in [-0.2, -0.15) is 5.10 Å². The molecule has 1 unspecified atom stereocenters. The Hall–Kier alpha value is -3.22. The SMILES string of the molecule is Cc1nccn2ncc(C(=O)NC(CC(C)C)c3nc4ccccc4[nH]3)c12. The van der Waals surface area contributed by atoms with E-state index in [1.165, 1.54) is 0 Å². The van der Waals surface area contributed by atoms with Crippen LogP contribution in [0.2, 0.25) is 0 Å². The Bertz CT molecular complexity index is 1080. The van der Waals surface area contributed by atoms with Crippen LogP contribution in [0.25, 0.3) is 16.6 Å². The van der Waals surface area contributed by atoms with Gasteiger partial charge >= 0.3 is 0 Å². The highest BCUT2D eigenvalue weighted by atomic mass is 16.1. The molecular weight excluding hydrogens is 340 g/mol. The van der Waals surface area contributed by atoms with Crippen LogP contribution in [0, 0.1) is 12.8 Å². The number of imidazole rings is 1. The van der Waals surface area contributed by atoms with E-state index in [0.717, 1.165) is 34.5 Å². The van der Waals surface area contributed by atoms with E-state index in [2.05, 4.69) is 39.2 Å². The third kappa shape index (κ3) is 3.28. The van der Waals surface area contributed by atoms with Crippen LogP contribution in [0.15, 0.2) is 42.9 Å². The lowest BCUT2D eigenvalue weighted by molar-refractivity contribution is 0.0931. The van der Waals surface area contributed by atoms with Crippen molar-refractivity contribution in [1.29, 1.82) is 0 Å². The van der Waals surface area contributed by atoms with E-state index in [0.29, 0.717) is 11.5 Å². The zero-order valence-electron chi connectivity index (χ0n) is 15.6. The standard InChI is InChI=1S/C20H22N6O/c1-12(2)10-17(19-23-15-6-4-5-7-16(15)24-19)25-20(27)14-11-22-26-9-8-21-13(3)18(14)26/h4-9,11-12,17H,10H2,1-3H3,(H,23,24)(H,25,27). The van der Waals surface area contributed by atoms with Crippen molar-refractivity contribution in [3.05, 3.63) is 59.9 Å². The van der Waals surface area contributed by atoms with Gasteiger partial charge in [-0.1, -0.05) is 26.0 Å². The van der Waals surface area contributed by atoms with Gasteiger partial charge in [0.15, 0.2) is 0 Å². The van der Waals surface area contributed by atoms with Crippen LogP contribution in [-0.4, -0.2) is 30.5 Å². The number of amides is 1. The molecule has 0 aliphatic heterocycles. The minimum Gasteiger partial charge on any atom is -0.342 e. The van der Waals surface area contributed by atoms with Crippen molar-refractivity contribution in [2.75, 3.05) is 0 Å². The first kappa shape index (κ1) is 17.2. The summed E-state index contributed by atoms with van der Waals surface area (Å²) in [7, 11) is 0. The molecule has 0 saturated carbocycles. The summed E-state index contributed by atoms with van der Waals surface area (Å²) in [5, 5.41) is 7.40. The van der Waals surface area contributed by atoms with E-state index in [1.54, 1.807) is 23.1 Å². The zero-order valence-corrected chi connectivity index (χ0v) is 15.6. The van der Waals surface area contributed by atoms with Crippen LogP contribution in [0.3, 0.4) is 0 Å². The maximum Gasteiger partial charge on any atom is 0.255 e. The molecule has 0 aliphatic carbocycles. The maximum atomic E-state index is 13.0. The van der Waals surface area contributed by atoms with E-state index >= 15 is 0 Å². The molecular formula is C20H22N6O. The van der Waals surface area contributed by atoms with Gasteiger partial charge in [0.25, 0.3) is 5.91 Å². The molecule has 1 aromatic carbocycles. The number of carbonyl (C=O) groups is 1. The number of H-pyrrole nitrogens is 1. The van der Waals surface area contributed by atoms with Gasteiger partial charge in [-0.05, 0) is 31.4 Å². The molecule has 7 heteroatoms. The molecule has 0 radical (unpaired) electrons. The summed E-state index contributed by atoms with van der Waals surface area (Å²) in [4.78, 5) is 25.3. The third-order valence-corrected chi connectivity index (χ3v) is 4.61. The Morgan fingerprint density at radius 1 is 1.30 bits per heavy atom. The van der Waals surface area contributed by atoms with Gasteiger partial charge in [-0.3, -0.25) is 9.78 Å². The molecule has 0 aliphatic rings. The fourth-order valence-corrected chi connectivity index (χ4v) is 3.36. The average molecular weight is 362 g/mol. The summed E-state index contributed by atoms with van der Waals surface area (Å²) in [6.45, 7) is 6.13. The van der Waals surface area contributed by atoms with Crippen molar-refractivity contribution < 1.29 is 4.79 Å². The molecule has 0 fully saturated rings. The van der Waals surface area contributed by atoms with Crippen LogP contribution in [0.4, 0.5) is 0 Å². The van der Waals surface area contributed by atoms with E-state index in [1.807, 2.05) is 31.2 Å². The molecule has 138 valence electrons. The van der Waals surface area contributed by atoms with Crippen LogP contribution in [0.1, 0.15) is 48.2 Å². The number of hydrogen-bond acceptors (Lipinski definition) is 4. The first-order valence-corrected chi connectivity index (χ1v) is 9.07. The normalized spacial score (nSPS) is 12.7. The van der Waals surface area contributed by atoms with Crippen molar-refractivity contribution in [1.82, 2.24) is 29.9 Å². The number of fused-ring (bicyclic) bond motifs is 2. The second-order valence-corrected chi connectivity index (χ2v) is 7.16. The Kier molecular flexibility index (Phi) is 4.35. The number of hydrogen-bond donors (Lipinski definition) is 2. The van der Waals surface area contributed by atoms with Gasteiger partial charge in [-0.25, -0.2) is 9.50 Å². The van der Waals surface area contributed by atoms with E-state index < -0.39 is 0 Å². The monoisotopic (exact) mass is 362 g/mol. The van der Waals surface area contributed by atoms with Gasteiger partial charge in [0.2, 0.25) is 0 Å². The van der Waals surface area contributed by atoms with Crippen LogP contribution in [-0.2, 0) is 0 Å². The summed E-state index contributed by atoms with van der Waals surface area (Å²) in [5.74, 6) is 0.993. The molecule has 1 amide bonds. The number of aromatic nitrogens is 5. The molecule has 4 aromatic rings. The second kappa shape index (κ2) is 6.83. The summed E-state index contributed by atoms with van der Waals surface area (Å²) >= 11 is 0. The molecule has 0 spiro atoms. The molecule has 3 aromatic heterocycles. The van der Waals surface area contributed by atoms with Crippen LogP contribution >= 0.6 is 0 Å². The summed E-state index contributed by atoms with van der Waals surface area (Å²) in [6.07, 6.45) is 5.78. The molecule has 27 heavy (non-hydrogen) atoms. The summed E-state index contributed by atoms with van der Waals surface area (Å²) in [5.41, 5.74) is 3.87. The van der Waals surface area contributed by atoms with Crippen LogP contribution < -0.4 is 5.32 Å². The van der Waals surface area contributed by atoms with Crippen molar-refractivity contribution in [2.45, 2.75) is 33.2 Å². The minimum absolute atomic E-state index is 0.174. The molecule has 2 N–H and O–H groups in total. The lowest BCUT2D eigenvalue weighted by Crippen LogP contribution is -2.30. The number of carbonyl (C=O) groups excluding carboxylic acids is 1. The Labute approximate surface area is 156 Å². The van der Waals surface area contributed by atoms with Gasteiger partial charge in [0, 0.05) is 12.4 Å². The lowest BCUT2D eigenvalue weighted by atomic mass is 10.0. The maximum absolute atomic E-state index is 13.0. The second-order valence-electron chi connectivity index (χ2n) is 7.16. The first-order chi connectivity index (χ1) is 13.0. The average Bonchev–Trinajstić information content (AvgIpc) is 3.25. The number of rotatable bonds is 5. The highest BCUT2D eigenvalue weighted by Gasteiger charge is 2.23. The summed E-state index contributed by atoms with van der Waals surface area (Å²) in [6, 6.07) is 7.66. The van der Waals surface area contributed by atoms with Crippen LogP contribution in [0.5, 0.6) is 0 Å². The number of para-hydroxylation sites is 2. The smallest absolute Gasteiger partial charge is 0.255 e. The number of aromatic amines is 1.